The van der Waals surface area contributed by atoms with Crippen molar-refractivity contribution in [2.75, 3.05) is 38.6 Å². The number of benzene rings is 1. The Labute approximate surface area is 180 Å². The van der Waals surface area contributed by atoms with Gasteiger partial charge >= 0.3 is 6.09 Å². The number of rotatable bonds is 6. The molecule has 31 heavy (non-hydrogen) atoms. The lowest BCUT2D eigenvalue weighted by molar-refractivity contribution is -0.144. The van der Waals surface area contributed by atoms with Gasteiger partial charge in [0.2, 0.25) is 5.91 Å². The zero-order valence-electron chi connectivity index (χ0n) is 16.5. The quantitative estimate of drug-likeness (QED) is 0.622. The Balaban J connectivity index is 1.70. The van der Waals surface area contributed by atoms with E-state index in [1.807, 2.05) is 0 Å². The van der Waals surface area contributed by atoms with E-state index in [1.54, 1.807) is 4.90 Å². The molecule has 2 aliphatic rings. The van der Waals surface area contributed by atoms with Crippen molar-refractivity contribution in [1.29, 1.82) is 0 Å². The van der Waals surface area contributed by atoms with E-state index in [0.717, 1.165) is 0 Å². The number of halogens is 3. The van der Waals surface area contributed by atoms with Gasteiger partial charge in [-0.15, -0.1) is 11.8 Å². The maximum atomic E-state index is 14.0. The molecule has 170 valence electrons. The molecule has 2 aliphatic heterocycles. The van der Waals surface area contributed by atoms with Crippen molar-refractivity contribution < 1.29 is 37.4 Å². The van der Waals surface area contributed by atoms with E-state index >= 15 is 0 Å². The van der Waals surface area contributed by atoms with Gasteiger partial charge in [0.1, 0.15) is 5.82 Å². The predicted octanol–water partition coefficient (Wildman–Crippen LogP) is 1.43. The molecule has 1 aromatic carbocycles. The molecule has 0 aromatic heterocycles. The van der Waals surface area contributed by atoms with Crippen molar-refractivity contribution in [3.8, 4) is 0 Å². The summed E-state index contributed by atoms with van der Waals surface area (Å²) in [6.45, 7) is 2.00. The number of carboxylic acid groups (broad SMARTS) is 1. The smallest absolute Gasteiger partial charge is 0.404 e. The summed E-state index contributed by atoms with van der Waals surface area (Å²) in [5, 5.41) is 10.5. The third-order valence-corrected chi connectivity index (χ3v) is 6.24. The largest absolute Gasteiger partial charge is 0.465 e. The van der Waals surface area contributed by atoms with Gasteiger partial charge in [-0.1, -0.05) is 0 Å². The summed E-state index contributed by atoms with van der Waals surface area (Å²) in [7, 11) is 0. The topological polar surface area (TPSA) is 99.2 Å². The number of hydrogen-bond donors (Lipinski definition) is 2. The summed E-state index contributed by atoms with van der Waals surface area (Å²) in [6, 6.07) is -0.0743. The van der Waals surface area contributed by atoms with Crippen LogP contribution in [0, 0.1) is 17.5 Å². The second-order valence-corrected chi connectivity index (χ2v) is 8.35. The molecule has 3 amide bonds. The highest BCUT2D eigenvalue weighted by atomic mass is 32.2. The number of carbonyl (C=O) groups excluding carboxylic acids is 2. The monoisotopic (exact) mass is 461 g/mol. The highest BCUT2D eigenvalue weighted by Crippen LogP contribution is 2.27. The molecule has 0 saturated carbocycles. The van der Waals surface area contributed by atoms with Crippen molar-refractivity contribution in [2.45, 2.75) is 24.3 Å². The van der Waals surface area contributed by atoms with Crippen LogP contribution in [-0.4, -0.2) is 82.8 Å². The van der Waals surface area contributed by atoms with Crippen LogP contribution in [0.15, 0.2) is 12.1 Å². The van der Waals surface area contributed by atoms with Crippen LogP contribution in [0.1, 0.15) is 12.0 Å². The van der Waals surface area contributed by atoms with Crippen molar-refractivity contribution in [3.05, 3.63) is 35.1 Å². The molecule has 2 saturated heterocycles. The fraction of sp³-hybridized carbons (Fsp3) is 0.526. The first kappa shape index (κ1) is 23.2. The van der Waals surface area contributed by atoms with E-state index in [1.165, 1.54) is 16.7 Å². The number of ether oxygens (including phenoxy) is 1. The third-order valence-electron chi connectivity index (χ3n) is 5.05. The van der Waals surface area contributed by atoms with Crippen LogP contribution in [0.4, 0.5) is 18.0 Å². The number of carbonyl (C=O) groups is 3. The maximum absolute atomic E-state index is 14.0. The van der Waals surface area contributed by atoms with Crippen LogP contribution in [0.5, 0.6) is 0 Å². The minimum Gasteiger partial charge on any atom is -0.465 e. The Bertz CT molecular complexity index is 853. The molecule has 2 unspecified atom stereocenters. The van der Waals surface area contributed by atoms with Gasteiger partial charge in [0.25, 0.3) is 5.91 Å². The molecule has 1 aromatic rings. The first-order valence-electron chi connectivity index (χ1n) is 9.66. The fourth-order valence-corrected chi connectivity index (χ4v) is 4.75. The molecule has 0 radical (unpaired) electrons. The van der Waals surface area contributed by atoms with E-state index in [9.17, 15) is 27.6 Å². The summed E-state index contributed by atoms with van der Waals surface area (Å²) in [5.41, 5.74) is -0.262. The number of thioether (sulfide) groups is 1. The van der Waals surface area contributed by atoms with Crippen molar-refractivity contribution >= 4 is 29.7 Å². The van der Waals surface area contributed by atoms with E-state index in [0.29, 0.717) is 50.7 Å². The molecular formula is C19H22F3N3O5S. The van der Waals surface area contributed by atoms with E-state index < -0.39 is 40.9 Å². The molecule has 2 heterocycles. The standard InChI is InChI=1S/C19H22F3N3O5S/c20-13-10-15(22)14(21)8-11(13)7-12(23-19(28)29)9-16(26)25-3-6-31-18(25)17(27)24-1-4-30-5-2-24/h8,10,12,18,23H,1-7,9H2,(H,28,29). The van der Waals surface area contributed by atoms with Gasteiger partial charge in [-0.2, -0.15) is 0 Å². The summed E-state index contributed by atoms with van der Waals surface area (Å²) in [6.07, 6.45) is -2.17. The lowest BCUT2D eigenvalue weighted by Crippen LogP contribution is -2.51. The Hall–Kier alpha value is -2.47. The van der Waals surface area contributed by atoms with Crippen LogP contribution < -0.4 is 5.32 Å². The second kappa shape index (κ2) is 10.2. The maximum Gasteiger partial charge on any atom is 0.404 e. The summed E-state index contributed by atoms with van der Waals surface area (Å²) >= 11 is 1.32. The van der Waals surface area contributed by atoms with Crippen molar-refractivity contribution in [2.24, 2.45) is 0 Å². The fourth-order valence-electron chi connectivity index (χ4n) is 3.53. The lowest BCUT2D eigenvalue weighted by Gasteiger charge is -2.32. The molecule has 3 rings (SSSR count). The van der Waals surface area contributed by atoms with Crippen LogP contribution in [0.3, 0.4) is 0 Å². The molecule has 2 N–H and O–H groups in total. The summed E-state index contributed by atoms with van der Waals surface area (Å²) in [5.74, 6) is -3.84. The van der Waals surface area contributed by atoms with Gasteiger partial charge in [-0.25, -0.2) is 18.0 Å². The highest BCUT2D eigenvalue weighted by Gasteiger charge is 2.38. The SMILES string of the molecule is O=C(O)NC(CC(=O)N1CCSC1C(=O)N1CCOCC1)Cc1cc(F)c(F)cc1F. The van der Waals surface area contributed by atoms with Crippen LogP contribution >= 0.6 is 11.8 Å². The summed E-state index contributed by atoms with van der Waals surface area (Å²) in [4.78, 5) is 39.8. The molecule has 2 fully saturated rings. The average Bonchev–Trinajstić information content (AvgIpc) is 3.21. The Morgan fingerprint density at radius 1 is 1.13 bits per heavy atom. The molecule has 8 nitrogen and oxygen atoms in total. The first-order chi connectivity index (χ1) is 14.8. The minimum absolute atomic E-state index is 0.214. The van der Waals surface area contributed by atoms with Gasteiger partial charge in [0.05, 0.1) is 13.2 Å². The number of hydrogen-bond acceptors (Lipinski definition) is 5. The van der Waals surface area contributed by atoms with E-state index in [-0.39, 0.29) is 24.3 Å². The Morgan fingerprint density at radius 3 is 2.48 bits per heavy atom. The van der Waals surface area contributed by atoms with Crippen LogP contribution in [0.2, 0.25) is 0 Å². The number of nitrogens with zero attached hydrogens (tertiary/aromatic N) is 2. The van der Waals surface area contributed by atoms with Gasteiger partial charge in [0.15, 0.2) is 17.0 Å². The minimum atomic E-state index is -1.45. The number of amides is 3. The predicted molar refractivity (Wildman–Crippen MR) is 105 cm³/mol. The molecule has 12 heteroatoms. The second-order valence-electron chi connectivity index (χ2n) is 7.16. The van der Waals surface area contributed by atoms with Gasteiger partial charge < -0.3 is 25.0 Å². The highest BCUT2D eigenvalue weighted by molar-refractivity contribution is 8.00. The molecule has 0 bridgehead atoms. The van der Waals surface area contributed by atoms with Gasteiger partial charge in [0, 0.05) is 43.9 Å². The van der Waals surface area contributed by atoms with Gasteiger partial charge in [-0.05, 0) is 18.1 Å². The Morgan fingerprint density at radius 2 is 1.81 bits per heavy atom. The van der Waals surface area contributed by atoms with E-state index in [2.05, 4.69) is 5.32 Å². The van der Waals surface area contributed by atoms with Crippen molar-refractivity contribution in [3.63, 3.8) is 0 Å². The Kier molecular flexibility index (Phi) is 7.65. The molecule has 2 atom stereocenters. The number of morpholine rings is 1. The zero-order valence-corrected chi connectivity index (χ0v) is 17.3. The lowest BCUT2D eigenvalue weighted by atomic mass is 10.0. The van der Waals surface area contributed by atoms with E-state index in [4.69, 9.17) is 9.84 Å². The third kappa shape index (κ3) is 5.82. The molecule has 0 spiro atoms. The average molecular weight is 461 g/mol. The van der Waals surface area contributed by atoms with Gasteiger partial charge in [-0.3, -0.25) is 9.59 Å². The normalized spacial score (nSPS) is 19.9. The first-order valence-corrected chi connectivity index (χ1v) is 10.7. The van der Waals surface area contributed by atoms with Crippen LogP contribution in [0.25, 0.3) is 0 Å². The van der Waals surface area contributed by atoms with Crippen LogP contribution in [-0.2, 0) is 20.7 Å². The molecular weight excluding hydrogens is 439 g/mol. The van der Waals surface area contributed by atoms with Crippen molar-refractivity contribution in [1.82, 2.24) is 15.1 Å². The zero-order chi connectivity index (χ0) is 22.5. The summed E-state index contributed by atoms with van der Waals surface area (Å²) < 4.78 is 45.9. The molecule has 0 aliphatic carbocycles. The number of nitrogens with one attached hydrogen (secondary N) is 1.